The highest BCUT2D eigenvalue weighted by molar-refractivity contribution is 6.10. The number of fused-ring (bicyclic) bond motifs is 1. The largest absolute Gasteiger partial charge is 0.329 e. The molecule has 24 heavy (non-hydrogen) atoms. The molecule has 2 heterocycles. The van der Waals surface area contributed by atoms with Gasteiger partial charge in [0.25, 0.3) is 5.56 Å². The van der Waals surface area contributed by atoms with Crippen molar-refractivity contribution in [3.05, 3.63) is 62.8 Å². The maximum absolute atomic E-state index is 12.6. The molecule has 7 nitrogen and oxygen atoms in total. The number of benzene rings is 1. The Hall–Kier alpha value is -3.09. The Labute approximate surface area is 139 Å². The molecular weight excluding hydrogens is 306 g/mol. The van der Waals surface area contributed by atoms with Crippen molar-refractivity contribution in [1.29, 1.82) is 0 Å². The quantitative estimate of drug-likeness (QED) is 0.925. The molecule has 2 aromatic rings. The summed E-state index contributed by atoms with van der Waals surface area (Å²) in [6.45, 7) is 2.49. The molecule has 0 bridgehead atoms. The molecular formula is C17H19N5O2. The highest BCUT2D eigenvalue weighted by Crippen LogP contribution is 2.26. The molecule has 124 valence electrons. The Balaban J connectivity index is 2.08. The van der Waals surface area contributed by atoms with Crippen LogP contribution in [0.3, 0.4) is 0 Å². The monoisotopic (exact) mass is 325 g/mol. The van der Waals surface area contributed by atoms with Crippen LogP contribution in [0.2, 0.25) is 0 Å². The molecule has 1 aliphatic heterocycles. The Morgan fingerprint density at radius 2 is 1.83 bits per heavy atom. The van der Waals surface area contributed by atoms with Gasteiger partial charge in [-0.05, 0) is 18.6 Å². The van der Waals surface area contributed by atoms with E-state index in [-0.39, 0.29) is 5.56 Å². The predicted molar refractivity (Wildman–Crippen MR) is 96.6 cm³/mol. The van der Waals surface area contributed by atoms with E-state index < -0.39 is 5.69 Å². The maximum Gasteiger partial charge on any atom is 0.329 e. The van der Waals surface area contributed by atoms with Gasteiger partial charge in [-0.15, -0.1) is 0 Å². The van der Waals surface area contributed by atoms with Crippen molar-refractivity contribution >= 4 is 23.4 Å². The van der Waals surface area contributed by atoms with Crippen LogP contribution in [0.25, 0.3) is 6.08 Å². The van der Waals surface area contributed by atoms with Gasteiger partial charge in [0.05, 0.1) is 0 Å². The van der Waals surface area contributed by atoms with Gasteiger partial charge >= 0.3 is 5.69 Å². The number of nitrogens with one attached hydrogen (secondary N) is 1. The van der Waals surface area contributed by atoms with Crippen molar-refractivity contribution in [2.24, 2.45) is 12.1 Å². The molecule has 1 N–H and O–H groups in total. The molecule has 0 aliphatic carbocycles. The number of hydrazone groups is 1. The fraction of sp³-hybridized carbons (Fsp3) is 0.235. The van der Waals surface area contributed by atoms with E-state index in [4.69, 9.17) is 0 Å². The van der Waals surface area contributed by atoms with Gasteiger partial charge in [0.1, 0.15) is 0 Å². The molecule has 1 aromatic carbocycles. The number of rotatable bonds is 3. The number of amidine groups is 1. The van der Waals surface area contributed by atoms with Crippen LogP contribution < -0.4 is 21.2 Å². The van der Waals surface area contributed by atoms with Gasteiger partial charge in [-0.25, -0.2) is 9.80 Å². The smallest absolute Gasteiger partial charge is 0.318 e. The standard InChI is InChI=1S/C17H19N5O2/c1-4-22-13(11-10-12-8-6-5-7-9-12)19-21(3)15-14(22)16(23)20(2)17(24)18-15/h5-11H,4H2,1-3H3,(H,18,24)/b11-10+. The summed E-state index contributed by atoms with van der Waals surface area (Å²) < 4.78 is 1.07. The van der Waals surface area contributed by atoms with Crippen LogP contribution in [-0.2, 0) is 7.05 Å². The zero-order chi connectivity index (χ0) is 17.3. The highest BCUT2D eigenvalue weighted by atomic mass is 16.2. The second-order valence-electron chi connectivity index (χ2n) is 5.46. The van der Waals surface area contributed by atoms with Crippen LogP contribution >= 0.6 is 0 Å². The lowest BCUT2D eigenvalue weighted by atomic mass is 10.2. The lowest BCUT2D eigenvalue weighted by molar-refractivity contribution is 0.753. The van der Waals surface area contributed by atoms with Gasteiger partial charge in [0.2, 0.25) is 0 Å². The SMILES string of the molecule is CCN1C(/C=C/c2ccccc2)=NN(C)c2[nH]c(=O)n(C)c(=O)c21. The Morgan fingerprint density at radius 1 is 1.12 bits per heavy atom. The van der Waals surface area contributed by atoms with E-state index in [0.717, 1.165) is 10.1 Å². The third-order valence-corrected chi connectivity index (χ3v) is 3.92. The zero-order valence-corrected chi connectivity index (χ0v) is 13.9. The van der Waals surface area contributed by atoms with Gasteiger partial charge in [0.15, 0.2) is 17.3 Å². The minimum Gasteiger partial charge on any atom is -0.318 e. The van der Waals surface area contributed by atoms with Crippen molar-refractivity contribution in [2.75, 3.05) is 23.5 Å². The summed E-state index contributed by atoms with van der Waals surface area (Å²) in [4.78, 5) is 28.9. The molecule has 0 fully saturated rings. The van der Waals surface area contributed by atoms with Crippen molar-refractivity contribution in [3.63, 3.8) is 0 Å². The summed E-state index contributed by atoms with van der Waals surface area (Å²) in [6.07, 6.45) is 3.80. The van der Waals surface area contributed by atoms with Crippen molar-refractivity contribution < 1.29 is 0 Å². The third kappa shape index (κ3) is 2.64. The fourth-order valence-corrected chi connectivity index (χ4v) is 2.62. The van der Waals surface area contributed by atoms with Crippen LogP contribution in [-0.4, -0.2) is 29.0 Å². The van der Waals surface area contributed by atoms with Gasteiger partial charge in [-0.1, -0.05) is 36.4 Å². The summed E-state index contributed by atoms with van der Waals surface area (Å²) >= 11 is 0. The predicted octanol–water partition coefficient (Wildman–Crippen LogP) is 1.38. The number of aromatic amines is 1. The molecule has 0 unspecified atom stereocenters. The Bertz CT molecular complexity index is 924. The summed E-state index contributed by atoms with van der Waals surface area (Å²) in [5.41, 5.74) is 0.659. The third-order valence-electron chi connectivity index (χ3n) is 3.92. The molecule has 0 saturated carbocycles. The number of likely N-dealkylation sites (N-methyl/N-ethyl adjacent to an activating group) is 1. The summed E-state index contributed by atoms with van der Waals surface area (Å²) in [5.74, 6) is 1.04. The average molecular weight is 325 g/mol. The van der Waals surface area contributed by atoms with E-state index in [2.05, 4.69) is 10.1 Å². The van der Waals surface area contributed by atoms with E-state index in [9.17, 15) is 9.59 Å². The van der Waals surface area contributed by atoms with E-state index in [1.54, 1.807) is 11.9 Å². The molecule has 0 amide bonds. The normalized spacial score (nSPS) is 14.0. The number of hydrogen-bond donors (Lipinski definition) is 1. The van der Waals surface area contributed by atoms with Crippen LogP contribution in [0.5, 0.6) is 0 Å². The fourth-order valence-electron chi connectivity index (χ4n) is 2.62. The van der Waals surface area contributed by atoms with Crippen LogP contribution in [0.15, 0.2) is 51.1 Å². The number of aromatic nitrogens is 2. The van der Waals surface area contributed by atoms with E-state index in [1.165, 1.54) is 12.1 Å². The van der Waals surface area contributed by atoms with E-state index in [0.29, 0.717) is 23.9 Å². The first-order valence-electron chi connectivity index (χ1n) is 7.69. The molecule has 0 radical (unpaired) electrons. The molecule has 1 aromatic heterocycles. The summed E-state index contributed by atoms with van der Waals surface area (Å²) in [6, 6.07) is 9.86. The second-order valence-corrected chi connectivity index (χ2v) is 5.46. The lowest BCUT2D eigenvalue weighted by Crippen LogP contribution is -2.45. The molecule has 0 spiro atoms. The first-order chi connectivity index (χ1) is 11.5. The first-order valence-corrected chi connectivity index (χ1v) is 7.69. The van der Waals surface area contributed by atoms with Crippen molar-refractivity contribution in [3.8, 4) is 0 Å². The van der Waals surface area contributed by atoms with Gasteiger partial charge in [0, 0.05) is 20.6 Å². The topological polar surface area (TPSA) is 73.7 Å². The number of H-pyrrole nitrogens is 1. The van der Waals surface area contributed by atoms with Gasteiger partial charge in [-0.3, -0.25) is 14.3 Å². The first kappa shape index (κ1) is 15.8. The van der Waals surface area contributed by atoms with E-state index in [1.807, 2.05) is 49.4 Å². The van der Waals surface area contributed by atoms with Crippen LogP contribution in [0.4, 0.5) is 11.5 Å². The summed E-state index contributed by atoms with van der Waals surface area (Å²) in [7, 11) is 3.16. The lowest BCUT2D eigenvalue weighted by Gasteiger charge is -2.32. The maximum atomic E-state index is 12.6. The Kier molecular flexibility index (Phi) is 4.07. The van der Waals surface area contributed by atoms with Crippen LogP contribution in [0.1, 0.15) is 12.5 Å². The average Bonchev–Trinajstić information content (AvgIpc) is 2.59. The van der Waals surface area contributed by atoms with Gasteiger partial charge < -0.3 is 4.90 Å². The number of hydrogen-bond acceptors (Lipinski definition) is 5. The second kappa shape index (κ2) is 6.19. The summed E-state index contributed by atoms with van der Waals surface area (Å²) in [5, 5.41) is 6.00. The highest BCUT2D eigenvalue weighted by Gasteiger charge is 2.27. The van der Waals surface area contributed by atoms with Crippen molar-refractivity contribution in [1.82, 2.24) is 9.55 Å². The number of nitrogens with zero attached hydrogens (tertiary/aromatic N) is 4. The van der Waals surface area contributed by atoms with Crippen LogP contribution in [0, 0.1) is 0 Å². The van der Waals surface area contributed by atoms with E-state index >= 15 is 0 Å². The molecule has 7 heteroatoms. The van der Waals surface area contributed by atoms with Crippen molar-refractivity contribution in [2.45, 2.75) is 6.92 Å². The number of anilines is 2. The minimum atomic E-state index is -0.458. The zero-order valence-electron chi connectivity index (χ0n) is 13.9. The molecule has 3 rings (SSSR count). The minimum absolute atomic E-state index is 0.344. The molecule has 0 atom stereocenters. The Morgan fingerprint density at radius 3 is 2.50 bits per heavy atom. The van der Waals surface area contributed by atoms with Gasteiger partial charge in [-0.2, -0.15) is 5.10 Å². The molecule has 0 saturated heterocycles. The molecule has 1 aliphatic rings.